The highest BCUT2D eigenvalue weighted by Crippen LogP contribution is 2.25. The minimum absolute atomic E-state index is 0.0182. The van der Waals surface area contributed by atoms with Crippen molar-refractivity contribution >= 4 is 21.6 Å². The lowest BCUT2D eigenvalue weighted by molar-refractivity contribution is -0.274. The van der Waals surface area contributed by atoms with Crippen LogP contribution in [0.3, 0.4) is 0 Å². The SMILES string of the molecule is CN(CCCC(=O)Nc1cccc(OC(F)(F)F)c1)S(=O)(=O)c1ccc(F)cc1. The molecule has 0 unspecified atom stereocenters. The quantitative estimate of drug-likeness (QED) is 0.642. The van der Waals surface area contributed by atoms with Crippen molar-refractivity contribution in [1.82, 2.24) is 4.31 Å². The lowest BCUT2D eigenvalue weighted by atomic mass is 10.2. The third-order valence-electron chi connectivity index (χ3n) is 3.75. The van der Waals surface area contributed by atoms with E-state index >= 15 is 0 Å². The summed E-state index contributed by atoms with van der Waals surface area (Å²) in [5.74, 6) is -1.53. The Kier molecular flexibility index (Phi) is 7.20. The Morgan fingerprint density at radius 1 is 1.14 bits per heavy atom. The van der Waals surface area contributed by atoms with Gasteiger partial charge in [0.25, 0.3) is 0 Å². The zero-order chi connectivity index (χ0) is 21.7. The molecule has 1 N–H and O–H groups in total. The van der Waals surface area contributed by atoms with Gasteiger partial charge in [0.2, 0.25) is 15.9 Å². The topological polar surface area (TPSA) is 75.7 Å². The monoisotopic (exact) mass is 434 g/mol. The van der Waals surface area contributed by atoms with Crippen LogP contribution in [0.1, 0.15) is 12.8 Å². The van der Waals surface area contributed by atoms with Crippen LogP contribution in [0.2, 0.25) is 0 Å². The summed E-state index contributed by atoms with van der Waals surface area (Å²) in [7, 11) is -2.50. The van der Waals surface area contributed by atoms with Crippen LogP contribution in [-0.2, 0) is 14.8 Å². The summed E-state index contributed by atoms with van der Waals surface area (Å²) >= 11 is 0. The van der Waals surface area contributed by atoms with E-state index in [4.69, 9.17) is 0 Å². The molecular weight excluding hydrogens is 416 g/mol. The predicted octanol–water partition coefficient (Wildman–Crippen LogP) is 3.76. The Bertz CT molecular complexity index is 947. The lowest BCUT2D eigenvalue weighted by Gasteiger charge is -2.17. The average Bonchev–Trinajstić information content (AvgIpc) is 2.60. The number of nitrogens with one attached hydrogen (secondary N) is 1. The van der Waals surface area contributed by atoms with Crippen LogP contribution in [0.5, 0.6) is 5.75 Å². The molecule has 0 atom stereocenters. The third kappa shape index (κ3) is 7.02. The number of amides is 1. The first-order chi connectivity index (χ1) is 13.5. The number of carbonyl (C=O) groups excluding carboxylic acids is 1. The van der Waals surface area contributed by atoms with Gasteiger partial charge in [-0.2, -0.15) is 0 Å². The van der Waals surface area contributed by atoms with Crippen LogP contribution in [0.4, 0.5) is 23.2 Å². The molecule has 0 saturated carbocycles. The normalized spacial score (nSPS) is 12.1. The first kappa shape index (κ1) is 22.6. The Morgan fingerprint density at radius 3 is 2.41 bits per heavy atom. The number of halogens is 4. The van der Waals surface area contributed by atoms with Crippen molar-refractivity contribution < 1.29 is 35.5 Å². The first-order valence-electron chi connectivity index (χ1n) is 8.35. The van der Waals surface area contributed by atoms with Crippen LogP contribution in [0.25, 0.3) is 0 Å². The molecule has 2 aromatic rings. The fourth-order valence-electron chi connectivity index (χ4n) is 2.36. The maximum Gasteiger partial charge on any atom is 0.573 e. The van der Waals surface area contributed by atoms with Crippen molar-refractivity contribution in [2.24, 2.45) is 0 Å². The summed E-state index contributed by atoms with van der Waals surface area (Å²) < 4.78 is 79.2. The van der Waals surface area contributed by atoms with E-state index in [1.165, 1.54) is 19.2 Å². The van der Waals surface area contributed by atoms with Gasteiger partial charge in [-0.05, 0) is 42.8 Å². The Balaban J connectivity index is 1.86. The number of ether oxygens (including phenoxy) is 1. The second-order valence-electron chi connectivity index (χ2n) is 6.01. The molecule has 0 saturated heterocycles. The highest BCUT2D eigenvalue weighted by Gasteiger charge is 2.31. The number of alkyl halides is 3. The highest BCUT2D eigenvalue weighted by molar-refractivity contribution is 7.89. The van der Waals surface area contributed by atoms with Crippen molar-refractivity contribution in [3.63, 3.8) is 0 Å². The maximum atomic E-state index is 12.9. The van der Waals surface area contributed by atoms with Gasteiger partial charge < -0.3 is 10.1 Å². The number of sulfonamides is 1. The van der Waals surface area contributed by atoms with E-state index in [9.17, 15) is 30.8 Å². The van der Waals surface area contributed by atoms with Gasteiger partial charge in [0.15, 0.2) is 0 Å². The molecule has 0 heterocycles. The molecule has 0 aromatic heterocycles. The number of carbonyl (C=O) groups is 1. The molecule has 2 rings (SSSR count). The van der Waals surface area contributed by atoms with E-state index in [1.54, 1.807) is 0 Å². The third-order valence-corrected chi connectivity index (χ3v) is 5.62. The standard InChI is InChI=1S/C18H18F4N2O4S/c1-24(29(26,27)16-9-7-13(19)8-10-16)11-3-6-17(25)23-14-4-2-5-15(12-14)28-18(20,21)22/h2,4-5,7-10,12H,3,6,11H2,1H3,(H,23,25). The smallest absolute Gasteiger partial charge is 0.406 e. The van der Waals surface area contributed by atoms with Gasteiger partial charge in [-0.1, -0.05) is 6.07 Å². The largest absolute Gasteiger partial charge is 0.573 e. The predicted molar refractivity (Wildman–Crippen MR) is 97.2 cm³/mol. The minimum Gasteiger partial charge on any atom is -0.406 e. The van der Waals surface area contributed by atoms with E-state index in [-0.39, 0.29) is 30.0 Å². The van der Waals surface area contributed by atoms with Gasteiger partial charge >= 0.3 is 6.36 Å². The van der Waals surface area contributed by atoms with E-state index in [0.717, 1.165) is 40.7 Å². The molecule has 0 bridgehead atoms. The highest BCUT2D eigenvalue weighted by atomic mass is 32.2. The Morgan fingerprint density at radius 2 is 1.79 bits per heavy atom. The molecule has 2 aromatic carbocycles. The molecule has 6 nitrogen and oxygen atoms in total. The average molecular weight is 434 g/mol. The van der Waals surface area contributed by atoms with Crippen LogP contribution >= 0.6 is 0 Å². The van der Waals surface area contributed by atoms with E-state index in [0.29, 0.717) is 0 Å². The van der Waals surface area contributed by atoms with Crippen LogP contribution < -0.4 is 10.1 Å². The number of benzene rings is 2. The van der Waals surface area contributed by atoms with Gasteiger partial charge in [0, 0.05) is 31.8 Å². The summed E-state index contributed by atoms with van der Waals surface area (Å²) in [4.78, 5) is 11.9. The lowest BCUT2D eigenvalue weighted by Crippen LogP contribution is -2.28. The van der Waals surface area contributed by atoms with Crippen molar-refractivity contribution in [3.05, 3.63) is 54.3 Å². The summed E-state index contributed by atoms with van der Waals surface area (Å²) in [5.41, 5.74) is 0.115. The Hall–Kier alpha value is -2.66. The molecule has 0 spiro atoms. The fraction of sp³-hybridized carbons (Fsp3) is 0.278. The first-order valence-corrected chi connectivity index (χ1v) is 9.79. The number of rotatable bonds is 8. The van der Waals surface area contributed by atoms with E-state index in [2.05, 4.69) is 10.1 Å². The number of nitrogens with zero attached hydrogens (tertiary/aromatic N) is 1. The summed E-state index contributed by atoms with van der Waals surface area (Å²) in [6.45, 7) is 0.0182. The van der Waals surface area contributed by atoms with Crippen molar-refractivity contribution in [2.45, 2.75) is 24.1 Å². The number of hydrogen-bond acceptors (Lipinski definition) is 4. The minimum atomic E-state index is -4.84. The molecule has 0 aliphatic carbocycles. The van der Waals surface area contributed by atoms with Crippen molar-refractivity contribution in [3.8, 4) is 5.75 Å². The molecule has 11 heteroatoms. The molecule has 0 aliphatic heterocycles. The van der Waals surface area contributed by atoms with Crippen LogP contribution in [0, 0.1) is 5.82 Å². The van der Waals surface area contributed by atoms with Crippen LogP contribution in [0.15, 0.2) is 53.4 Å². The van der Waals surface area contributed by atoms with Crippen LogP contribution in [-0.4, -0.2) is 38.6 Å². The van der Waals surface area contributed by atoms with Gasteiger partial charge in [-0.3, -0.25) is 4.79 Å². The van der Waals surface area contributed by atoms with E-state index in [1.807, 2.05) is 0 Å². The molecule has 1 amide bonds. The molecule has 0 aliphatic rings. The molecule has 0 fully saturated rings. The van der Waals surface area contributed by atoms with E-state index < -0.39 is 33.9 Å². The van der Waals surface area contributed by atoms with Gasteiger partial charge in [0.1, 0.15) is 11.6 Å². The second kappa shape index (κ2) is 9.23. The second-order valence-corrected chi connectivity index (χ2v) is 8.05. The number of hydrogen-bond donors (Lipinski definition) is 1. The van der Waals surface area contributed by atoms with Gasteiger partial charge in [-0.15, -0.1) is 13.2 Å². The van der Waals surface area contributed by atoms with Gasteiger partial charge in [-0.25, -0.2) is 17.1 Å². The summed E-state index contributed by atoms with van der Waals surface area (Å²) in [6, 6.07) is 9.16. The van der Waals surface area contributed by atoms with Crippen molar-refractivity contribution in [2.75, 3.05) is 18.9 Å². The summed E-state index contributed by atoms with van der Waals surface area (Å²) in [6.07, 6.45) is -4.74. The zero-order valence-electron chi connectivity index (χ0n) is 15.2. The molecule has 0 radical (unpaired) electrons. The molecule has 29 heavy (non-hydrogen) atoms. The maximum absolute atomic E-state index is 12.9. The molecular formula is C18H18F4N2O4S. The van der Waals surface area contributed by atoms with Gasteiger partial charge in [0.05, 0.1) is 4.90 Å². The Labute approximate surface area is 165 Å². The van der Waals surface area contributed by atoms with Crippen molar-refractivity contribution in [1.29, 1.82) is 0 Å². The summed E-state index contributed by atoms with van der Waals surface area (Å²) in [5, 5.41) is 2.42. The number of anilines is 1. The molecule has 158 valence electrons. The zero-order valence-corrected chi connectivity index (χ0v) is 16.1. The fourth-order valence-corrected chi connectivity index (χ4v) is 3.57.